The maximum Gasteiger partial charge on any atom is 0.304 e. The molecule has 0 spiro atoms. The van der Waals surface area contributed by atoms with Crippen LogP contribution < -0.4 is 4.72 Å². The molecule has 86 valence electrons. The van der Waals surface area contributed by atoms with Gasteiger partial charge in [0.15, 0.2) is 0 Å². The zero-order chi connectivity index (χ0) is 11.8. The van der Waals surface area contributed by atoms with Crippen molar-refractivity contribution in [3.8, 4) is 0 Å². The Morgan fingerprint density at radius 3 is 2.62 bits per heavy atom. The van der Waals surface area contributed by atoms with Crippen molar-refractivity contribution in [1.29, 1.82) is 0 Å². The highest BCUT2D eigenvalue weighted by Gasteiger charge is 2.33. The van der Waals surface area contributed by atoms with E-state index in [1.165, 1.54) is 0 Å². The molecule has 6 heteroatoms. The Bertz CT molecular complexity index is 525. The minimum absolute atomic E-state index is 0.101. The Balaban J connectivity index is 2.23. The van der Waals surface area contributed by atoms with Crippen LogP contribution in [0.2, 0.25) is 0 Å². The first-order chi connectivity index (χ1) is 7.49. The second kappa shape index (κ2) is 3.88. The van der Waals surface area contributed by atoms with Gasteiger partial charge in [0.25, 0.3) is 0 Å². The van der Waals surface area contributed by atoms with Crippen molar-refractivity contribution in [1.82, 2.24) is 9.03 Å². The van der Waals surface area contributed by atoms with Crippen LogP contribution in [0.25, 0.3) is 0 Å². The zero-order valence-corrected chi connectivity index (χ0v) is 9.62. The number of amides is 1. The number of nitrogens with one attached hydrogen (secondary N) is 1. The molecule has 1 aliphatic rings. The van der Waals surface area contributed by atoms with Crippen LogP contribution in [0.4, 0.5) is 0 Å². The molecule has 2 rings (SSSR count). The molecule has 1 aliphatic heterocycles. The van der Waals surface area contributed by atoms with E-state index in [1.807, 2.05) is 35.9 Å². The van der Waals surface area contributed by atoms with E-state index in [0.29, 0.717) is 0 Å². The van der Waals surface area contributed by atoms with Crippen molar-refractivity contribution in [2.45, 2.75) is 13.5 Å². The highest BCUT2D eigenvalue weighted by Crippen LogP contribution is 2.14. The van der Waals surface area contributed by atoms with Crippen LogP contribution in [-0.2, 0) is 21.5 Å². The summed E-state index contributed by atoms with van der Waals surface area (Å²) in [5, 5.41) is 0. The van der Waals surface area contributed by atoms with Crippen LogP contribution in [0, 0.1) is 6.92 Å². The van der Waals surface area contributed by atoms with E-state index in [2.05, 4.69) is 0 Å². The summed E-state index contributed by atoms with van der Waals surface area (Å²) in [7, 11) is -3.62. The molecular formula is C10H12N2O3S. The van der Waals surface area contributed by atoms with Gasteiger partial charge in [-0.3, -0.25) is 4.79 Å². The lowest BCUT2D eigenvalue weighted by Gasteiger charge is -2.13. The molecule has 1 N–H and O–H groups in total. The molecule has 0 bridgehead atoms. The molecule has 0 radical (unpaired) electrons. The topological polar surface area (TPSA) is 66.5 Å². The fraction of sp³-hybridized carbons (Fsp3) is 0.300. The fourth-order valence-electron chi connectivity index (χ4n) is 1.60. The smallest absolute Gasteiger partial charge is 0.272 e. The molecule has 0 aliphatic carbocycles. The van der Waals surface area contributed by atoms with Gasteiger partial charge in [0, 0.05) is 6.54 Å². The first kappa shape index (κ1) is 11.1. The lowest BCUT2D eigenvalue weighted by molar-refractivity contribution is -0.118. The molecule has 0 atom stereocenters. The third-order valence-corrected chi connectivity index (χ3v) is 3.93. The monoisotopic (exact) mass is 240 g/mol. The van der Waals surface area contributed by atoms with Crippen LogP contribution in [0.1, 0.15) is 11.1 Å². The van der Waals surface area contributed by atoms with E-state index in [9.17, 15) is 13.2 Å². The minimum Gasteiger partial charge on any atom is -0.272 e. The average molecular weight is 240 g/mol. The third kappa shape index (κ3) is 2.07. The number of nitrogens with zero attached hydrogens (tertiary/aromatic N) is 1. The summed E-state index contributed by atoms with van der Waals surface area (Å²) in [6.07, 6.45) is 0. The molecule has 1 saturated heterocycles. The van der Waals surface area contributed by atoms with Gasteiger partial charge in [-0.25, -0.2) is 4.72 Å². The lowest BCUT2D eigenvalue weighted by Crippen LogP contribution is -2.29. The SMILES string of the molecule is Cc1ccccc1CN1CC(=O)NS1(=O)=O. The van der Waals surface area contributed by atoms with E-state index in [0.717, 1.165) is 15.4 Å². The lowest BCUT2D eigenvalue weighted by atomic mass is 10.1. The highest BCUT2D eigenvalue weighted by atomic mass is 32.2. The van der Waals surface area contributed by atoms with E-state index < -0.39 is 16.1 Å². The molecule has 0 saturated carbocycles. The first-order valence-electron chi connectivity index (χ1n) is 4.84. The van der Waals surface area contributed by atoms with Crippen LogP contribution in [0.3, 0.4) is 0 Å². The Labute approximate surface area is 94.3 Å². The van der Waals surface area contributed by atoms with E-state index in [-0.39, 0.29) is 13.1 Å². The summed E-state index contributed by atoms with van der Waals surface area (Å²) >= 11 is 0. The predicted molar refractivity (Wildman–Crippen MR) is 58.7 cm³/mol. The number of benzene rings is 1. The Morgan fingerprint density at radius 2 is 2.06 bits per heavy atom. The summed E-state index contributed by atoms with van der Waals surface area (Å²) in [5.74, 6) is -0.478. The first-order valence-corrected chi connectivity index (χ1v) is 6.28. The summed E-state index contributed by atoms with van der Waals surface area (Å²) in [6.45, 7) is 2.04. The number of carbonyl (C=O) groups excluding carboxylic acids is 1. The van der Waals surface area contributed by atoms with Crippen molar-refractivity contribution in [2.24, 2.45) is 0 Å². The van der Waals surface area contributed by atoms with Crippen molar-refractivity contribution in [2.75, 3.05) is 6.54 Å². The van der Waals surface area contributed by atoms with Gasteiger partial charge in [-0.15, -0.1) is 0 Å². The van der Waals surface area contributed by atoms with Gasteiger partial charge in [-0.05, 0) is 18.1 Å². The van der Waals surface area contributed by atoms with Gasteiger partial charge >= 0.3 is 10.2 Å². The summed E-state index contributed by atoms with van der Waals surface area (Å²) in [5.41, 5.74) is 1.92. The molecule has 5 nitrogen and oxygen atoms in total. The molecular weight excluding hydrogens is 228 g/mol. The number of rotatable bonds is 2. The zero-order valence-electron chi connectivity index (χ0n) is 8.80. The Morgan fingerprint density at radius 1 is 1.38 bits per heavy atom. The van der Waals surface area contributed by atoms with Gasteiger partial charge in [-0.1, -0.05) is 24.3 Å². The maximum atomic E-state index is 11.5. The Hall–Kier alpha value is -1.40. The number of hydrogen-bond donors (Lipinski definition) is 1. The van der Waals surface area contributed by atoms with Gasteiger partial charge in [0.1, 0.15) is 0 Å². The number of aryl methyl sites for hydroxylation is 1. The van der Waals surface area contributed by atoms with Crippen molar-refractivity contribution in [3.63, 3.8) is 0 Å². The molecule has 16 heavy (non-hydrogen) atoms. The Kier molecular flexibility index (Phi) is 2.69. The van der Waals surface area contributed by atoms with Crippen molar-refractivity contribution < 1.29 is 13.2 Å². The maximum absolute atomic E-state index is 11.5. The molecule has 1 heterocycles. The van der Waals surface area contributed by atoms with Crippen LogP contribution in [0.15, 0.2) is 24.3 Å². The molecule has 1 aromatic carbocycles. The number of carbonyl (C=O) groups is 1. The minimum atomic E-state index is -3.62. The summed E-state index contributed by atoms with van der Waals surface area (Å²) in [4.78, 5) is 11.0. The van der Waals surface area contributed by atoms with Crippen molar-refractivity contribution >= 4 is 16.1 Å². The largest absolute Gasteiger partial charge is 0.304 e. The molecule has 0 aromatic heterocycles. The van der Waals surface area contributed by atoms with Gasteiger partial charge in [-0.2, -0.15) is 12.7 Å². The van der Waals surface area contributed by atoms with Crippen LogP contribution >= 0.6 is 0 Å². The summed E-state index contributed by atoms with van der Waals surface area (Å²) < 4.78 is 26.0. The summed E-state index contributed by atoms with van der Waals surface area (Å²) in [6, 6.07) is 7.50. The third-order valence-electron chi connectivity index (χ3n) is 2.51. The van der Waals surface area contributed by atoms with Gasteiger partial charge in [0.2, 0.25) is 5.91 Å². The van der Waals surface area contributed by atoms with Crippen LogP contribution in [0.5, 0.6) is 0 Å². The van der Waals surface area contributed by atoms with E-state index >= 15 is 0 Å². The van der Waals surface area contributed by atoms with E-state index in [1.54, 1.807) is 0 Å². The van der Waals surface area contributed by atoms with E-state index in [4.69, 9.17) is 0 Å². The molecule has 1 aromatic rings. The van der Waals surface area contributed by atoms with Crippen LogP contribution in [-0.4, -0.2) is 25.2 Å². The number of hydrogen-bond acceptors (Lipinski definition) is 3. The molecule has 1 fully saturated rings. The van der Waals surface area contributed by atoms with Gasteiger partial charge in [0.05, 0.1) is 6.54 Å². The average Bonchev–Trinajstić information content (AvgIpc) is 2.43. The second-order valence-corrected chi connectivity index (χ2v) is 5.40. The quantitative estimate of drug-likeness (QED) is 0.801. The fourth-order valence-corrected chi connectivity index (χ4v) is 2.68. The van der Waals surface area contributed by atoms with Gasteiger partial charge < -0.3 is 0 Å². The van der Waals surface area contributed by atoms with Crippen molar-refractivity contribution in [3.05, 3.63) is 35.4 Å². The second-order valence-electron chi connectivity index (χ2n) is 3.72. The molecule has 1 amide bonds. The standard InChI is InChI=1S/C10H12N2O3S/c1-8-4-2-3-5-9(8)6-12-7-10(13)11-16(12,14)15/h2-5H,6-7H2,1H3,(H,11,13). The predicted octanol–water partition coefficient (Wildman–Crippen LogP) is 0.172. The molecule has 0 unspecified atom stereocenters. The highest BCUT2D eigenvalue weighted by molar-refractivity contribution is 7.88. The normalized spacial score (nSPS) is 19.7.